The Bertz CT molecular complexity index is 499. The Labute approximate surface area is 92.5 Å². The molecule has 0 unspecified atom stereocenters. The number of hydrogen-bond acceptors (Lipinski definition) is 3. The molecule has 0 atom stereocenters. The first-order chi connectivity index (χ1) is 7.20. The zero-order chi connectivity index (χ0) is 10.8. The van der Waals surface area contributed by atoms with E-state index in [1.54, 1.807) is 11.3 Å². The number of carbonyl (C=O) groups is 1. The van der Waals surface area contributed by atoms with Crippen LogP contribution in [-0.2, 0) is 16.0 Å². The van der Waals surface area contributed by atoms with Crippen molar-refractivity contribution in [1.82, 2.24) is 0 Å². The standard InChI is InChI=1S/C12H12O2S/c1-8-3-4-9-7-15-11(10(9)5-8)6-12(13)14-2/h3-5,7H,6H2,1-2H3. The summed E-state index contributed by atoms with van der Waals surface area (Å²) in [6, 6.07) is 6.28. The highest BCUT2D eigenvalue weighted by Crippen LogP contribution is 2.27. The average Bonchev–Trinajstić information content (AvgIpc) is 2.61. The highest BCUT2D eigenvalue weighted by atomic mass is 32.1. The number of rotatable bonds is 2. The minimum absolute atomic E-state index is 0.180. The molecular weight excluding hydrogens is 208 g/mol. The van der Waals surface area contributed by atoms with E-state index in [9.17, 15) is 4.79 Å². The van der Waals surface area contributed by atoms with Crippen LogP contribution in [0.5, 0.6) is 0 Å². The van der Waals surface area contributed by atoms with E-state index < -0.39 is 0 Å². The fraction of sp³-hybridized carbons (Fsp3) is 0.250. The van der Waals surface area contributed by atoms with Crippen LogP contribution in [0.4, 0.5) is 0 Å². The lowest BCUT2D eigenvalue weighted by molar-refractivity contribution is -0.139. The molecule has 1 aromatic heterocycles. The molecule has 0 amide bonds. The average molecular weight is 220 g/mol. The predicted molar refractivity (Wildman–Crippen MR) is 62.3 cm³/mol. The highest BCUT2D eigenvalue weighted by molar-refractivity contribution is 7.11. The van der Waals surface area contributed by atoms with E-state index in [0.717, 1.165) is 4.88 Å². The summed E-state index contributed by atoms with van der Waals surface area (Å²) in [6.07, 6.45) is 0.369. The van der Waals surface area contributed by atoms with Crippen molar-refractivity contribution in [1.29, 1.82) is 0 Å². The molecule has 0 aliphatic rings. The van der Waals surface area contributed by atoms with Gasteiger partial charge >= 0.3 is 5.97 Å². The van der Waals surface area contributed by atoms with Crippen molar-refractivity contribution < 1.29 is 9.53 Å². The minimum Gasteiger partial charge on any atom is -0.469 e. The van der Waals surface area contributed by atoms with Crippen LogP contribution in [0.1, 0.15) is 10.4 Å². The van der Waals surface area contributed by atoms with E-state index >= 15 is 0 Å². The molecule has 0 saturated carbocycles. The second-order valence-electron chi connectivity index (χ2n) is 3.50. The van der Waals surface area contributed by atoms with Crippen LogP contribution in [0, 0.1) is 6.92 Å². The van der Waals surface area contributed by atoms with E-state index in [1.165, 1.54) is 23.4 Å². The first-order valence-corrected chi connectivity index (χ1v) is 5.62. The third-order valence-corrected chi connectivity index (χ3v) is 3.39. The van der Waals surface area contributed by atoms with Crippen LogP contribution in [0.25, 0.3) is 10.8 Å². The van der Waals surface area contributed by atoms with Gasteiger partial charge in [0.2, 0.25) is 0 Å². The van der Waals surface area contributed by atoms with Crippen LogP contribution < -0.4 is 0 Å². The summed E-state index contributed by atoms with van der Waals surface area (Å²) in [6.45, 7) is 2.05. The van der Waals surface area contributed by atoms with Crippen molar-refractivity contribution in [3.63, 3.8) is 0 Å². The van der Waals surface area contributed by atoms with Gasteiger partial charge < -0.3 is 4.74 Å². The number of aryl methyl sites for hydroxylation is 1. The summed E-state index contributed by atoms with van der Waals surface area (Å²) in [5, 5.41) is 4.45. The van der Waals surface area contributed by atoms with Crippen molar-refractivity contribution in [3.05, 3.63) is 34.0 Å². The lowest BCUT2D eigenvalue weighted by atomic mass is 10.1. The Morgan fingerprint density at radius 1 is 1.47 bits per heavy atom. The van der Waals surface area contributed by atoms with Crippen LogP contribution in [0.15, 0.2) is 23.6 Å². The molecule has 1 aromatic carbocycles. The van der Waals surface area contributed by atoms with E-state index in [4.69, 9.17) is 0 Å². The van der Waals surface area contributed by atoms with Gasteiger partial charge in [0.1, 0.15) is 0 Å². The lowest BCUT2D eigenvalue weighted by Crippen LogP contribution is -2.02. The van der Waals surface area contributed by atoms with Gasteiger partial charge in [-0.2, -0.15) is 0 Å². The van der Waals surface area contributed by atoms with Crippen molar-refractivity contribution in [2.45, 2.75) is 13.3 Å². The number of fused-ring (bicyclic) bond motifs is 1. The Balaban J connectivity index is 2.43. The fourth-order valence-corrected chi connectivity index (χ4v) is 2.53. The summed E-state index contributed by atoms with van der Waals surface area (Å²) in [5.41, 5.74) is 1.21. The number of thiophene rings is 1. The Morgan fingerprint density at radius 2 is 2.27 bits per heavy atom. The number of benzene rings is 1. The molecule has 0 aliphatic heterocycles. The largest absolute Gasteiger partial charge is 0.469 e. The van der Waals surface area contributed by atoms with Gasteiger partial charge in [0.15, 0.2) is 0 Å². The molecule has 0 fully saturated rings. The zero-order valence-corrected chi connectivity index (χ0v) is 9.56. The maximum absolute atomic E-state index is 11.2. The van der Waals surface area contributed by atoms with Crippen molar-refractivity contribution >= 4 is 28.1 Å². The Kier molecular flexibility index (Phi) is 2.73. The fourth-order valence-electron chi connectivity index (χ4n) is 1.55. The summed E-state index contributed by atoms with van der Waals surface area (Å²) in [5.74, 6) is -0.180. The van der Waals surface area contributed by atoms with Crippen molar-refractivity contribution in [2.24, 2.45) is 0 Å². The summed E-state index contributed by atoms with van der Waals surface area (Å²) < 4.78 is 4.67. The van der Waals surface area contributed by atoms with Crippen molar-refractivity contribution in [2.75, 3.05) is 7.11 Å². The maximum atomic E-state index is 11.2. The maximum Gasteiger partial charge on any atom is 0.310 e. The van der Waals surface area contributed by atoms with Gasteiger partial charge in [-0.25, -0.2) is 0 Å². The molecule has 0 bridgehead atoms. The molecule has 0 radical (unpaired) electrons. The quantitative estimate of drug-likeness (QED) is 0.727. The van der Waals surface area contributed by atoms with Crippen LogP contribution in [0.3, 0.4) is 0 Å². The normalized spacial score (nSPS) is 10.5. The van der Waals surface area contributed by atoms with E-state index in [1.807, 2.05) is 0 Å². The molecule has 2 nitrogen and oxygen atoms in total. The van der Waals surface area contributed by atoms with Gasteiger partial charge in [-0.05, 0) is 23.1 Å². The zero-order valence-electron chi connectivity index (χ0n) is 8.74. The van der Waals surface area contributed by atoms with Gasteiger partial charge in [0.25, 0.3) is 0 Å². The third kappa shape index (κ3) is 2.02. The minimum atomic E-state index is -0.180. The van der Waals surface area contributed by atoms with Gasteiger partial charge in [0, 0.05) is 4.88 Å². The second-order valence-corrected chi connectivity index (χ2v) is 4.47. The topological polar surface area (TPSA) is 26.3 Å². The van der Waals surface area contributed by atoms with Crippen LogP contribution in [-0.4, -0.2) is 13.1 Å². The molecule has 2 rings (SSSR count). The highest BCUT2D eigenvalue weighted by Gasteiger charge is 2.09. The Morgan fingerprint density at radius 3 is 3.00 bits per heavy atom. The van der Waals surface area contributed by atoms with Crippen LogP contribution in [0.2, 0.25) is 0 Å². The number of esters is 1. The van der Waals surface area contributed by atoms with Crippen molar-refractivity contribution in [3.8, 4) is 0 Å². The monoisotopic (exact) mass is 220 g/mol. The molecule has 0 aliphatic carbocycles. The summed E-state index contributed by atoms with van der Waals surface area (Å²) >= 11 is 1.61. The first kappa shape index (κ1) is 10.2. The van der Waals surface area contributed by atoms with Gasteiger partial charge in [-0.15, -0.1) is 11.3 Å². The van der Waals surface area contributed by atoms with Crippen LogP contribution >= 0.6 is 11.3 Å². The molecule has 15 heavy (non-hydrogen) atoms. The number of hydrogen-bond donors (Lipinski definition) is 0. The third-order valence-electron chi connectivity index (χ3n) is 2.37. The molecular formula is C12H12O2S. The predicted octanol–water partition coefficient (Wildman–Crippen LogP) is 2.93. The SMILES string of the molecule is COC(=O)Cc1scc2ccc(C)cc12. The smallest absolute Gasteiger partial charge is 0.310 e. The molecule has 3 heteroatoms. The molecule has 0 spiro atoms. The molecule has 0 saturated heterocycles. The Hall–Kier alpha value is -1.35. The van der Waals surface area contributed by atoms with Gasteiger partial charge in [-0.3, -0.25) is 4.79 Å². The molecule has 2 aromatic rings. The number of carbonyl (C=O) groups excluding carboxylic acids is 1. The number of methoxy groups -OCH3 is 1. The molecule has 0 N–H and O–H groups in total. The first-order valence-electron chi connectivity index (χ1n) is 4.74. The summed E-state index contributed by atoms with van der Waals surface area (Å²) in [7, 11) is 1.42. The van der Waals surface area contributed by atoms with Gasteiger partial charge in [0.05, 0.1) is 13.5 Å². The summed E-state index contributed by atoms with van der Waals surface area (Å²) in [4.78, 5) is 12.3. The molecule has 1 heterocycles. The number of ether oxygens (including phenoxy) is 1. The van der Waals surface area contributed by atoms with Gasteiger partial charge in [-0.1, -0.05) is 23.8 Å². The lowest BCUT2D eigenvalue weighted by Gasteiger charge is -1.98. The van der Waals surface area contributed by atoms with E-state index in [2.05, 4.69) is 35.2 Å². The van der Waals surface area contributed by atoms with E-state index in [0.29, 0.717) is 6.42 Å². The van der Waals surface area contributed by atoms with E-state index in [-0.39, 0.29) is 5.97 Å². The molecule has 78 valence electrons. The second kappa shape index (κ2) is 4.03.